The van der Waals surface area contributed by atoms with E-state index in [1.54, 1.807) is 12.1 Å². The average molecular weight is 158 g/mol. The minimum Gasteiger partial charge on any atom is -0.445 e. The van der Waals surface area contributed by atoms with E-state index in [1.165, 1.54) is 0 Å². The Hall–Kier alpha value is -0.730. The lowest BCUT2D eigenvalue weighted by Crippen LogP contribution is -1.99. The van der Waals surface area contributed by atoms with Crippen molar-refractivity contribution in [2.45, 2.75) is 0 Å². The van der Waals surface area contributed by atoms with Crippen LogP contribution in [0.1, 0.15) is 5.76 Å². The minimum absolute atomic E-state index is 0.365. The van der Waals surface area contributed by atoms with Crippen LogP contribution in [0.4, 0.5) is 0 Å². The van der Waals surface area contributed by atoms with E-state index in [0.717, 1.165) is 5.57 Å². The first kappa shape index (κ1) is 7.38. The van der Waals surface area contributed by atoms with Crippen molar-refractivity contribution in [2.24, 2.45) is 5.73 Å². The van der Waals surface area contributed by atoms with Crippen LogP contribution in [-0.4, -0.2) is 6.54 Å². The van der Waals surface area contributed by atoms with E-state index in [1.807, 2.05) is 0 Å². The second-order valence-electron chi connectivity index (χ2n) is 1.91. The van der Waals surface area contributed by atoms with Crippen LogP contribution in [0.25, 0.3) is 5.57 Å². The predicted molar refractivity (Wildman–Crippen MR) is 41.8 cm³/mol. The van der Waals surface area contributed by atoms with Crippen LogP contribution in [0.5, 0.6) is 0 Å². The summed E-state index contributed by atoms with van der Waals surface area (Å²) in [6.07, 6.45) is 0. The summed E-state index contributed by atoms with van der Waals surface area (Å²) >= 11 is 5.51. The molecule has 0 amide bonds. The number of hydrogen-bond acceptors (Lipinski definition) is 2. The number of rotatable bonds is 2. The molecule has 0 spiro atoms. The van der Waals surface area contributed by atoms with Crippen molar-refractivity contribution in [3.8, 4) is 0 Å². The molecule has 1 aromatic heterocycles. The molecule has 0 atom stereocenters. The molecule has 54 valence electrons. The summed E-state index contributed by atoms with van der Waals surface area (Å²) in [5, 5.41) is 0.365. The van der Waals surface area contributed by atoms with Crippen molar-refractivity contribution in [1.82, 2.24) is 0 Å². The zero-order valence-corrected chi connectivity index (χ0v) is 6.19. The topological polar surface area (TPSA) is 39.2 Å². The first-order valence-electron chi connectivity index (χ1n) is 2.87. The highest BCUT2D eigenvalue weighted by molar-refractivity contribution is 6.28. The Morgan fingerprint density at radius 1 is 1.70 bits per heavy atom. The van der Waals surface area contributed by atoms with Gasteiger partial charge in [0.1, 0.15) is 5.76 Å². The van der Waals surface area contributed by atoms with Gasteiger partial charge in [0, 0.05) is 12.1 Å². The van der Waals surface area contributed by atoms with Gasteiger partial charge in [-0.15, -0.1) is 0 Å². The molecule has 2 nitrogen and oxygen atoms in total. The van der Waals surface area contributed by atoms with Crippen molar-refractivity contribution >= 4 is 17.2 Å². The molecule has 2 N–H and O–H groups in total. The number of halogens is 1. The largest absolute Gasteiger partial charge is 0.445 e. The third kappa shape index (κ3) is 1.40. The molecule has 0 aromatic carbocycles. The van der Waals surface area contributed by atoms with Gasteiger partial charge in [0.25, 0.3) is 0 Å². The molecule has 0 saturated heterocycles. The van der Waals surface area contributed by atoms with E-state index in [2.05, 4.69) is 6.58 Å². The third-order valence-electron chi connectivity index (χ3n) is 1.17. The van der Waals surface area contributed by atoms with Gasteiger partial charge in [-0.3, -0.25) is 0 Å². The summed E-state index contributed by atoms with van der Waals surface area (Å²) in [6, 6.07) is 3.41. The molecule has 0 fully saturated rings. The summed E-state index contributed by atoms with van der Waals surface area (Å²) in [4.78, 5) is 0. The molecule has 0 aliphatic carbocycles. The zero-order chi connectivity index (χ0) is 7.56. The SMILES string of the molecule is C=C(CN)c1ccc(Cl)o1. The fourth-order valence-corrected chi connectivity index (χ4v) is 0.751. The van der Waals surface area contributed by atoms with E-state index in [-0.39, 0.29) is 0 Å². The summed E-state index contributed by atoms with van der Waals surface area (Å²) < 4.78 is 5.02. The smallest absolute Gasteiger partial charge is 0.193 e. The van der Waals surface area contributed by atoms with Crippen molar-refractivity contribution in [1.29, 1.82) is 0 Å². The van der Waals surface area contributed by atoms with Crippen molar-refractivity contribution in [3.63, 3.8) is 0 Å². The van der Waals surface area contributed by atoms with Crippen LogP contribution in [-0.2, 0) is 0 Å². The van der Waals surface area contributed by atoms with E-state index < -0.39 is 0 Å². The molecule has 1 heterocycles. The van der Waals surface area contributed by atoms with Gasteiger partial charge < -0.3 is 10.2 Å². The Kier molecular flexibility index (Phi) is 2.14. The second-order valence-corrected chi connectivity index (χ2v) is 2.28. The molecule has 0 bridgehead atoms. The van der Waals surface area contributed by atoms with Gasteiger partial charge in [0.15, 0.2) is 5.22 Å². The van der Waals surface area contributed by atoms with Crippen LogP contribution in [0.3, 0.4) is 0 Å². The number of hydrogen-bond donors (Lipinski definition) is 1. The van der Waals surface area contributed by atoms with Gasteiger partial charge in [-0.25, -0.2) is 0 Å². The Labute approximate surface area is 64.3 Å². The van der Waals surface area contributed by atoms with Gasteiger partial charge in [0.2, 0.25) is 0 Å². The fourth-order valence-electron chi connectivity index (χ4n) is 0.605. The zero-order valence-electron chi connectivity index (χ0n) is 5.43. The van der Waals surface area contributed by atoms with Crippen LogP contribution < -0.4 is 5.73 Å². The van der Waals surface area contributed by atoms with E-state index in [9.17, 15) is 0 Å². The van der Waals surface area contributed by atoms with E-state index >= 15 is 0 Å². The molecule has 0 unspecified atom stereocenters. The normalized spacial score (nSPS) is 9.80. The minimum atomic E-state index is 0.365. The van der Waals surface area contributed by atoms with Gasteiger partial charge in [0.05, 0.1) is 0 Å². The van der Waals surface area contributed by atoms with Crippen LogP contribution >= 0.6 is 11.6 Å². The lowest BCUT2D eigenvalue weighted by molar-refractivity contribution is 0.554. The molecule has 0 saturated carbocycles. The molecule has 3 heteroatoms. The lowest BCUT2D eigenvalue weighted by Gasteiger charge is -1.93. The molecule has 0 aliphatic heterocycles. The van der Waals surface area contributed by atoms with Gasteiger partial charge in [-0.2, -0.15) is 0 Å². The maximum Gasteiger partial charge on any atom is 0.193 e. The monoisotopic (exact) mass is 157 g/mol. The molecule has 10 heavy (non-hydrogen) atoms. The maximum atomic E-state index is 5.51. The highest BCUT2D eigenvalue weighted by atomic mass is 35.5. The van der Waals surface area contributed by atoms with Gasteiger partial charge in [-0.1, -0.05) is 6.58 Å². The summed E-state index contributed by atoms with van der Waals surface area (Å²) in [5.41, 5.74) is 6.07. The molecular formula is C7H8ClNO. The average Bonchev–Trinajstić information content (AvgIpc) is 2.34. The van der Waals surface area contributed by atoms with E-state index in [0.29, 0.717) is 17.5 Å². The Bertz CT molecular complexity index is 242. The maximum absolute atomic E-state index is 5.51. The van der Waals surface area contributed by atoms with E-state index in [4.69, 9.17) is 21.8 Å². The Morgan fingerprint density at radius 3 is 2.80 bits per heavy atom. The van der Waals surface area contributed by atoms with Crippen molar-refractivity contribution in [3.05, 3.63) is 29.7 Å². The summed E-state index contributed by atoms with van der Waals surface area (Å²) in [7, 11) is 0. The lowest BCUT2D eigenvalue weighted by atomic mass is 10.2. The number of furan rings is 1. The fraction of sp³-hybridized carbons (Fsp3) is 0.143. The van der Waals surface area contributed by atoms with Gasteiger partial charge in [-0.05, 0) is 23.7 Å². The third-order valence-corrected chi connectivity index (χ3v) is 1.37. The number of nitrogens with two attached hydrogens (primary N) is 1. The molecule has 1 rings (SSSR count). The summed E-state index contributed by atoms with van der Waals surface area (Å²) in [6.45, 7) is 4.07. The molecule has 1 aromatic rings. The van der Waals surface area contributed by atoms with Crippen molar-refractivity contribution in [2.75, 3.05) is 6.54 Å². The van der Waals surface area contributed by atoms with Crippen LogP contribution in [0.2, 0.25) is 5.22 Å². The van der Waals surface area contributed by atoms with Gasteiger partial charge >= 0.3 is 0 Å². The highest BCUT2D eigenvalue weighted by Crippen LogP contribution is 2.18. The van der Waals surface area contributed by atoms with Crippen LogP contribution in [0.15, 0.2) is 23.1 Å². The predicted octanol–water partition coefficient (Wildman–Crippen LogP) is 1.90. The first-order chi connectivity index (χ1) is 4.74. The summed E-state index contributed by atoms with van der Waals surface area (Å²) in [5.74, 6) is 0.660. The van der Waals surface area contributed by atoms with Crippen LogP contribution in [0, 0.1) is 0 Å². The molecule has 0 radical (unpaired) electrons. The highest BCUT2D eigenvalue weighted by Gasteiger charge is 2.00. The second kappa shape index (κ2) is 2.90. The first-order valence-corrected chi connectivity index (χ1v) is 3.25. The molecule has 0 aliphatic rings. The van der Waals surface area contributed by atoms with Crippen molar-refractivity contribution < 1.29 is 4.42 Å². The Balaban J connectivity index is 2.85. The Morgan fingerprint density at radius 2 is 2.40 bits per heavy atom. The standard InChI is InChI=1S/C7H8ClNO/c1-5(4-9)6-2-3-7(8)10-6/h2-3H,1,4,9H2. The quantitative estimate of drug-likeness (QED) is 0.712. The molecular weight excluding hydrogens is 150 g/mol.